The molecular weight excluding hydrogens is 325 g/mol. The number of hydrogen-bond acceptors (Lipinski definition) is 3. The first kappa shape index (κ1) is 15.5. The number of hydrogen-bond donors (Lipinski definition) is 1. The molecule has 1 radical (unpaired) electrons. The summed E-state index contributed by atoms with van der Waals surface area (Å²) in [5.74, 6) is -0.355. The number of sulfonamides is 1. The van der Waals surface area contributed by atoms with E-state index < -0.39 is 10.0 Å². The average Bonchev–Trinajstić information content (AvgIpc) is 2.37. The minimum absolute atomic E-state index is 0.0713. The summed E-state index contributed by atoms with van der Waals surface area (Å²) < 4.78 is 22.9. The lowest BCUT2D eigenvalue weighted by Gasteiger charge is -2.27. The van der Waals surface area contributed by atoms with Gasteiger partial charge in [-0.15, -0.1) is 0 Å². The molecule has 0 atom stereocenters. The molecule has 2 rings (SSSR count). The van der Waals surface area contributed by atoms with E-state index in [1.807, 2.05) is 0 Å². The lowest BCUT2D eigenvalue weighted by atomic mass is 10.2. The summed E-state index contributed by atoms with van der Waals surface area (Å²) in [6.45, 7) is 2.06. The summed E-state index contributed by atoms with van der Waals surface area (Å²) in [4.78, 5) is 13.6. The Kier molecular flexibility index (Phi) is 4.55. The third-order valence-corrected chi connectivity index (χ3v) is 4.59. The molecule has 20 heavy (non-hydrogen) atoms. The molecule has 0 bridgehead atoms. The van der Waals surface area contributed by atoms with Crippen LogP contribution >= 0.6 is 23.2 Å². The van der Waals surface area contributed by atoms with Crippen molar-refractivity contribution < 1.29 is 13.2 Å². The zero-order valence-electron chi connectivity index (χ0n) is 10.3. The predicted molar refractivity (Wildman–Crippen MR) is 75.6 cm³/mol. The van der Waals surface area contributed by atoms with Gasteiger partial charge in [-0.1, -0.05) is 23.2 Å². The van der Waals surface area contributed by atoms with Gasteiger partial charge in [0.05, 0.1) is 15.6 Å². The van der Waals surface area contributed by atoms with E-state index in [4.69, 9.17) is 28.3 Å². The molecule has 1 amide bonds. The number of primary sulfonamides is 1. The van der Waals surface area contributed by atoms with E-state index in [9.17, 15) is 13.2 Å². The van der Waals surface area contributed by atoms with Gasteiger partial charge in [-0.3, -0.25) is 4.79 Å². The smallest absolute Gasteiger partial charge is 0.255 e. The molecular formula is C11H12Cl2N3O3S. The zero-order valence-corrected chi connectivity index (χ0v) is 12.7. The van der Waals surface area contributed by atoms with Gasteiger partial charge in [0.1, 0.15) is 4.90 Å². The van der Waals surface area contributed by atoms with Crippen molar-refractivity contribution in [1.29, 1.82) is 0 Å². The Balaban J connectivity index is 2.43. The van der Waals surface area contributed by atoms with Crippen LogP contribution in [0.3, 0.4) is 0 Å². The Morgan fingerprint density at radius 2 is 1.80 bits per heavy atom. The van der Waals surface area contributed by atoms with Crippen LogP contribution in [0, 0.1) is 0 Å². The Bertz CT molecular complexity index is 643. The van der Waals surface area contributed by atoms with Gasteiger partial charge in [0.15, 0.2) is 0 Å². The molecule has 0 saturated carbocycles. The number of halogens is 2. The molecule has 0 spiro atoms. The van der Waals surface area contributed by atoms with Crippen molar-refractivity contribution in [2.45, 2.75) is 4.90 Å². The van der Waals surface area contributed by atoms with Crippen LogP contribution in [0.2, 0.25) is 10.0 Å². The number of carbonyl (C=O) groups excluding carboxylic acids is 1. The SMILES string of the molecule is NS(=O)(=O)c1cc(C(=O)N2CC[N]CC2)c(Cl)cc1Cl. The van der Waals surface area contributed by atoms with Gasteiger partial charge in [0.2, 0.25) is 10.0 Å². The van der Waals surface area contributed by atoms with Crippen LogP contribution in [0.15, 0.2) is 17.0 Å². The number of rotatable bonds is 2. The maximum Gasteiger partial charge on any atom is 0.255 e. The van der Waals surface area contributed by atoms with Crippen molar-refractivity contribution in [2.24, 2.45) is 5.14 Å². The molecule has 109 valence electrons. The Labute approximate surface area is 126 Å². The minimum atomic E-state index is -4.02. The van der Waals surface area contributed by atoms with Crippen molar-refractivity contribution in [3.8, 4) is 0 Å². The van der Waals surface area contributed by atoms with Crippen LogP contribution in [0.25, 0.3) is 0 Å². The maximum atomic E-state index is 12.3. The van der Waals surface area contributed by atoms with Gasteiger partial charge in [-0.05, 0) is 12.1 Å². The van der Waals surface area contributed by atoms with Crippen molar-refractivity contribution in [1.82, 2.24) is 10.2 Å². The largest absolute Gasteiger partial charge is 0.336 e. The van der Waals surface area contributed by atoms with Crippen LogP contribution in [-0.4, -0.2) is 45.4 Å². The molecule has 1 heterocycles. The van der Waals surface area contributed by atoms with Crippen molar-refractivity contribution >= 4 is 39.1 Å². The van der Waals surface area contributed by atoms with Gasteiger partial charge in [0.25, 0.3) is 5.91 Å². The highest BCUT2D eigenvalue weighted by molar-refractivity contribution is 7.89. The summed E-state index contributed by atoms with van der Waals surface area (Å²) >= 11 is 11.8. The number of benzene rings is 1. The average molecular weight is 337 g/mol. The summed E-state index contributed by atoms with van der Waals surface area (Å²) in [6, 6.07) is 2.33. The van der Waals surface area contributed by atoms with Gasteiger partial charge in [0, 0.05) is 26.2 Å². The van der Waals surface area contributed by atoms with E-state index in [1.165, 1.54) is 6.07 Å². The second kappa shape index (κ2) is 5.87. The number of piperazine rings is 1. The number of amides is 1. The monoisotopic (exact) mass is 336 g/mol. The number of nitrogens with two attached hydrogens (primary N) is 1. The summed E-state index contributed by atoms with van der Waals surface area (Å²) in [7, 11) is -4.02. The second-order valence-electron chi connectivity index (χ2n) is 4.27. The summed E-state index contributed by atoms with van der Waals surface area (Å²) in [5, 5.41) is 9.18. The fraction of sp³-hybridized carbons (Fsp3) is 0.364. The van der Waals surface area contributed by atoms with Gasteiger partial charge >= 0.3 is 0 Å². The van der Waals surface area contributed by atoms with Crippen LogP contribution < -0.4 is 10.5 Å². The first-order valence-corrected chi connectivity index (χ1v) is 8.05. The lowest BCUT2D eigenvalue weighted by Crippen LogP contribution is -2.43. The summed E-state index contributed by atoms with van der Waals surface area (Å²) in [6.07, 6.45) is 0. The second-order valence-corrected chi connectivity index (χ2v) is 6.61. The molecule has 6 nitrogen and oxygen atoms in total. The molecule has 1 fully saturated rings. The van der Waals surface area contributed by atoms with Crippen LogP contribution in [0.4, 0.5) is 0 Å². The quantitative estimate of drug-likeness (QED) is 0.861. The van der Waals surface area contributed by atoms with E-state index in [-0.39, 0.29) is 26.4 Å². The highest BCUT2D eigenvalue weighted by atomic mass is 35.5. The highest BCUT2D eigenvalue weighted by Gasteiger charge is 2.24. The molecule has 1 aromatic rings. The van der Waals surface area contributed by atoms with Crippen LogP contribution in [0.1, 0.15) is 10.4 Å². The fourth-order valence-electron chi connectivity index (χ4n) is 1.89. The topological polar surface area (TPSA) is 94.6 Å². The standard InChI is InChI=1S/C11H12Cl2N3O3S/c12-8-6-9(13)10(20(14,18)19)5-7(8)11(17)16-3-1-15-2-4-16/h5-6H,1-4H2,(H2,14,18,19). The Hall–Kier alpha value is -0.860. The first-order valence-electron chi connectivity index (χ1n) is 5.75. The van der Waals surface area contributed by atoms with Gasteiger partial charge in [-0.2, -0.15) is 0 Å². The molecule has 9 heteroatoms. The molecule has 2 N–H and O–H groups in total. The molecule has 1 saturated heterocycles. The van der Waals surface area contributed by atoms with Crippen LogP contribution in [-0.2, 0) is 10.0 Å². The Morgan fingerprint density at radius 1 is 1.20 bits per heavy atom. The molecule has 0 aliphatic carbocycles. The molecule has 0 unspecified atom stereocenters. The van der Waals surface area contributed by atoms with Gasteiger partial charge < -0.3 is 4.90 Å². The maximum absolute atomic E-state index is 12.3. The van der Waals surface area contributed by atoms with E-state index in [1.54, 1.807) is 4.90 Å². The van der Waals surface area contributed by atoms with E-state index in [0.29, 0.717) is 26.2 Å². The van der Waals surface area contributed by atoms with Crippen LogP contribution in [0.5, 0.6) is 0 Å². The number of carbonyl (C=O) groups is 1. The third-order valence-electron chi connectivity index (χ3n) is 2.90. The first-order chi connectivity index (χ1) is 9.30. The van der Waals surface area contributed by atoms with Crippen molar-refractivity contribution in [2.75, 3.05) is 26.2 Å². The minimum Gasteiger partial charge on any atom is -0.336 e. The molecule has 1 aliphatic rings. The van der Waals surface area contributed by atoms with Gasteiger partial charge in [-0.25, -0.2) is 18.9 Å². The van der Waals surface area contributed by atoms with Crippen molar-refractivity contribution in [3.05, 3.63) is 27.7 Å². The molecule has 0 aromatic heterocycles. The predicted octanol–water partition coefficient (Wildman–Crippen LogP) is 0.701. The normalized spacial score (nSPS) is 16.2. The molecule has 1 aliphatic heterocycles. The number of nitrogens with zero attached hydrogens (tertiary/aromatic N) is 2. The molecule has 1 aromatic carbocycles. The summed E-state index contributed by atoms with van der Waals surface area (Å²) in [5.41, 5.74) is 0.0713. The van der Waals surface area contributed by atoms with Crippen molar-refractivity contribution in [3.63, 3.8) is 0 Å². The van der Waals surface area contributed by atoms with E-state index in [2.05, 4.69) is 5.32 Å². The van der Waals surface area contributed by atoms with E-state index >= 15 is 0 Å². The Morgan fingerprint density at radius 3 is 2.35 bits per heavy atom. The zero-order chi connectivity index (χ0) is 14.9. The third kappa shape index (κ3) is 3.24. The van der Waals surface area contributed by atoms with E-state index in [0.717, 1.165) is 6.07 Å². The highest BCUT2D eigenvalue weighted by Crippen LogP contribution is 2.28. The fourth-order valence-corrected chi connectivity index (χ4v) is 3.29. The lowest BCUT2D eigenvalue weighted by molar-refractivity contribution is 0.0734.